The molecule has 0 bridgehead atoms. The van der Waals surface area contributed by atoms with E-state index in [2.05, 4.69) is 11.1 Å². The molecule has 7 nitrogen and oxygen atoms in total. The average molecular weight is 313 g/mol. The van der Waals surface area contributed by atoms with Crippen LogP contribution in [0.2, 0.25) is 0 Å². The number of nitrogens with zero attached hydrogens (tertiary/aromatic N) is 5. The van der Waals surface area contributed by atoms with E-state index in [0.717, 1.165) is 0 Å². The van der Waals surface area contributed by atoms with Gasteiger partial charge in [0.2, 0.25) is 5.91 Å². The van der Waals surface area contributed by atoms with Crippen LogP contribution in [0.5, 0.6) is 0 Å². The largest absolute Gasteiger partial charge is 0.343 e. The first kappa shape index (κ1) is 15.4. The highest BCUT2D eigenvalue weighted by Crippen LogP contribution is 2.33. The summed E-state index contributed by atoms with van der Waals surface area (Å²) in [6.07, 6.45) is 3.73. The maximum atomic E-state index is 12.8. The summed E-state index contributed by atoms with van der Waals surface area (Å²) in [5, 5.41) is 9.06. The van der Waals surface area contributed by atoms with E-state index in [1.54, 1.807) is 41.4 Å². The zero-order valence-corrected chi connectivity index (χ0v) is 13.1. The number of carbonyl (C=O) groups is 2. The number of hydrogen-bond acceptors (Lipinski definition) is 5. The number of aromatic nitrogens is 1. The topological polar surface area (TPSA) is 80.5 Å². The smallest absolute Gasteiger partial charge is 0.254 e. The van der Waals surface area contributed by atoms with E-state index in [1.165, 1.54) is 0 Å². The van der Waals surface area contributed by atoms with Crippen LogP contribution >= 0.6 is 0 Å². The number of nitriles is 1. The zero-order chi connectivity index (χ0) is 16.4. The van der Waals surface area contributed by atoms with Gasteiger partial charge in [-0.25, -0.2) is 0 Å². The SMILES string of the molecule is CN1CCN(CC#N)[C@@]2(CCN(C(=O)c3ccncc3)C2)C1=O. The molecule has 0 unspecified atom stereocenters. The second-order valence-corrected chi connectivity index (χ2v) is 6.05. The lowest BCUT2D eigenvalue weighted by molar-refractivity contribution is -0.148. The van der Waals surface area contributed by atoms with Gasteiger partial charge < -0.3 is 9.80 Å². The molecule has 3 rings (SSSR count). The molecular formula is C16H19N5O2. The van der Waals surface area contributed by atoms with E-state index < -0.39 is 5.54 Å². The molecule has 0 radical (unpaired) electrons. The minimum absolute atomic E-state index is 0.00373. The standard InChI is InChI=1S/C16H19N5O2/c1-19-10-11-21(9-5-17)16(15(19)23)4-8-20(12-16)14(22)13-2-6-18-7-3-13/h2-3,6-7H,4,8-12H2,1H3/t16-/m1/s1. The number of likely N-dealkylation sites (N-methyl/N-ethyl adjacent to an activating group) is 1. The minimum atomic E-state index is -0.759. The van der Waals surface area contributed by atoms with Gasteiger partial charge in [-0.1, -0.05) is 0 Å². The van der Waals surface area contributed by atoms with Crippen molar-refractivity contribution in [2.24, 2.45) is 0 Å². The summed E-state index contributed by atoms with van der Waals surface area (Å²) in [5.74, 6) is -0.0914. The van der Waals surface area contributed by atoms with Crippen LogP contribution in [0.25, 0.3) is 0 Å². The third kappa shape index (κ3) is 2.55. The van der Waals surface area contributed by atoms with Gasteiger partial charge in [-0.15, -0.1) is 0 Å². The highest BCUT2D eigenvalue weighted by Gasteiger charge is 2.53. The number of rotatable bonds is 2. The van der Waals surface area contributed by atoms with Crippen molar-refractivity contribution in [1.82, 2.24) is 19.7 Å². The summed E-state index contributed by atoms with van der Waals surface area (Å²) < 4.78 is 0. The molecule has 2 fully saturated rings. The van der Waals surface area contributed by atoms with Gasteiger partial charge in [0.1, 0.15) is 5.54 Å². The van der Waals surface area contributed by atoms with E-state index in [-0.39, 0.29) is 18.4 Å². The Balaban J connectivity index is 1.84. The molecule has 120 valence electrons. The molecule has 2 saturated heterocycles. The molecule has 2 aliphatic rings. The van der Waals surface area contributed by atoms with E-state index in [0.29, 0.717) is 38.2 Å². The van der Waals surface area contributed by atoms with E-state index in [9.17, 15) is 9.59 Å². The number of hydrogen-bond donors (Lipinski definition) is 0. The van der Waals surface area contributed by atoms with Crippen LogP contribution in [0.3, 0.4) is 0 Å². The predicted molar refractivity (Wildman–Crippen MR) is 82.3 cm³/mol. The van der Waals surface area contributed by atoms with Crippen LogP contribution < -0.4 is 0 Å². The zero-order valence-electron chi connectivity index (χ0n) is 13.1. The predicted octanol–water partition coefficient (Wildman–Crippen LogP) is -0.0361. The van der Waals surface area contributed by atoms with Crippen LogP contribution in [0, 0.1) is 11.3 Å². The van der Waals surface area contributed by atoms with Gasteiger partial charge in [-0.3, -0.25) is 19.5 Å². The maximum Gasteiger partial charge on any atom is 0.254 e. The van der Waals surface area contributed by atoms with Crippen molar-refractivity contribution in [3.05, 3.63) is 30.1 Å². The molecular weight excluding hydrogens is 294 g/mol. The van der Waals surface area contributed by atoms with Crippen LogP contribution in [0.4, 0.5) is 0 Å². The van der Waals surface area contributed by atoms with Crippen molar-refractivity contribution in [2.75, 3.05) is 39.8 Å². The molecule has 23 heavy (non-hydrogen) atoms. The van der Waals surface area contributed by atoms with Gasteiger partial charge in [0.15, 0.2) is 0 Å². The summed E-state index contributed by atoms with van der Waals surface area (Å²) in [6, 6.07) is 5.49. The molecule has 1 atom stereocenters. The van der Waals surface area contributed by atoms with Crippen molar-refractivity contribution in [3.63, 3.8) is 0 Å². The van der Waals surface area contributed by atoms with E-state index in [1.807, 2.05) is 4.90 Å². The first-order valence-corrected chi connectivity index (χ1v) is 7.65. The van der Waals surface area contributed by atoms with Crippen molar-refractivity contribution in [3.8, 4) is 6.07 Å². The van der Waals surface area contributed by atoms with Crippen molar-refractivity contribution in [1.29, 1.82) is 5.26 Å². The lowest BCUT2D eigenvalue weighted by Gasteiger charge is -2.45. The molecule has 0 aliphatic carbocycles. The fourth-order valence-corrected chi connectivity index (χ4v) is 3.47. The van der Waals surface area contributed by atoms with Crippen molar-refractivity contribution < 1.29 is 9.59 Å². The monoisotopic (exact) mass is 313 g/mol. The summed E-state index contributed by atoms with van der Waals surface area (Å²) >= 11 is 0. The minimum Gasteiger partial charge on any atom is -0.343 e. The van der Waals surface area contributed by atoms with E-state index >= 15 is 0 Å². The molecule has 3 heterocycles. The molecule has 0 aromatic carbocycles. The van der Waals surface area contributed by atoms with Gasteiger partial charge in [0.05, 0.1) is 12.6 Å². The molecule has 7 heteroatoms. The summed E-state index contributed by atoms with van der Waals surface area (Å²) in [7, 11) is 1.78. The maximum absolute atomic E-state index is 12.8. The van der Waals surface area contributed by atoms with Crippen LogP contribution in [0.15, 0.2) is 24.5 Å². The Labute approximate surface area is 135 Å². The lowest BCUT2D eigenvalue weighted by Crippen LogP contribution is -2.66. The van der Waals surface area contributed by atoms with E-state index in [4.69, 9.17) is 5.26 Å². The first-order valence-electron chi connectivity index (χ1n) is 7.65. The molecule has 1 spiro atoms. The Morgan fingerprint density at radius 1 is 1.35 bits per heavy atom. The van der Waals surface area contributed by atoms with Crippen molar-refractivity contribution >= 4 is 11.8 Å². The second-order valence-electron chi connectivity index (χ2n) is 6.05. The highest BCUT2D eigenvalue weighted by atomic mass is 16.2. The third-order valence-electron chi connectivity index (χ3n) is 4.78. The Morgan fingerprint density at radius 2 is 2.09 bits per heavy atom. The molecule has 2 amide bonds. The highest BCUT2D eigenvalue weighted by molar-refractivity contribution is 5.96. The van der Waals surface area contributed by atoms with Gasteiger partial charge in [0, 0.05) is 51.2 Å². The van der Waals surface area contributed by atoms with Crippen LogP contribution in [-0.2, 0) is 4.79 Å². The number of likely N-dealkylation sites (tertiary alicyclic amines) is 1. The van der Waals surface area contributed by atoms with Crippen molar-refractivity contribution in [2.45, 2.75) is 12.0 Å². The van der Waals surface area contributed by atoms with Gasteiger partial charge in [-0.05, 0) is 18.6 Å². The lowest BCUT2D eigenvalue weighted by atomic mass is 9.91. The molecule has 0 saturated carbocycles. The fraction of sp³-hybridized carbons (Fsp3) is 0.500. The summed E-state index contributed by atoms with van der Waals surface area (Å²) in [4.78, 5) is 34.6. The first-order chi connectivity index (χ1) is 11.1. The number of piperazine rings is 1. The normalized spacial score (nSPS) is 25.0. The van der Waals surface area contributed by atoms with Gasteiger partial charge in [0.25, 0.3) is 5.91 Å². The molecule has 1 aromatic rings. The molecule has 1 aromatic heterocycles. The summed E-state index contributed by atoms with van der Waals surface area (Å²) in [5.41, 5.74) is -0.189. The van der Waals surface area contributed by atoms with Gasteiger partial charge in [-0.2, -0.15) is 5.26 Å². The second kappa shape index (κ2) is 5.97. The Hall–Kier alpha value is -2.46. The quantitative estimate of drug-likeness (QED) is 0.716. The third-order valence-corrected chi connectivity index (χ3v) is 4.78. The fourth-order valence-electron chi connectivity index (χ4n) is 3.47. The van der Waals surface area contributed by atoms with Crippen LogP contribution in [-0.4, -0.2) is 76.8 Å². The summed E-state index contributed by atoms with van der Waals surface area (Å²) in [6.45, 7) is 2.33. The Bertz CT molecular complexity index is 656. The number of amides is 2. The average Bonchev–Trinajstić information content (AvgIpc) is 3.02. The van der Waals surface area contributed by atoms with Gasteiger partial charge >= 0.3 is 0 Å². The molecule has 2 aliphatic heterocycles. The van der Waals surface area contributed by atoms with Crippen LogP contribution in [0.1, 0.15) is 16.8 Å². The number of carbonyl (C=O) groups excluding carboxylic acids is 2. The Morgan fingerprint density at radius 3 is 2.78 bits per heavy atom. The number of pyridine rings is 1. The molecule has 0 N–H and O–H groups in total. The Kier molecular flexibility index (Phi) is 4.01.